The first-order chi connectivity index (χ1) is 23.0. The average molecular weight is 664 g/mol. The normalized spacial score (nSPS) is 19.7. The van der Waals surface area contributed by atoms with Gasteiger partial charge in [-0.05, 0) is 91.2 Å². The number of β-lactam (4-membered cyclic amide) rings is 1. The smallest absolute Gasteiger partial charge is 0.326 e. The number of hydrogen-bond donors (Lipinski definition) is 4. The van der Waals surface area contributed by atoms with Crippen LogP contribution in [0.5, 0.6) is 0 Å². The van der Waals surface area contributed by atoms with Crippen molar-refractivity contribution in [2.75, 3.05) is 24.7 Å². The molecule has 1 unspecified atom stereocenters. The molecule has 2 aliphatic rings. The minimum atomic E-state index is -1.06. The van der Waals surface area contributed by atoms with Crippen LogP contribution in [0.15, 0.2) is 72.8 Å². The fraction of sp³-hybridized carbons (Fsp3) is 0.432. The summed E-state index contributed by atoms with van der Waals surface area (Å²) in [6, 6.07) is 18.3. The highest BCUT2D eigenvalue weighted by Gasteiger charge is 2.48. The van der Waals surface area contributed by atoms with Crippen LogP contribution in [0.4, 0.5) is 14.5 Å². The lowest BCUT2D eigenvalue weighted by Crippen LogP contribution is -2.63. The van der Waals surface area contributed by atoms with Crippen LogP contribution in [0.25, 0.3) is 0 Å². The monoisotopic (exact) mass is 663 g/mol. The van der Waals surface area contributed by atoms with E-state index in [2.05, 4.69) is 10.6 Å². The zero-order valence-corrected chi connectivity index (χ0v) is 27.2. The number of aryl methyl sites for hydroxylation is 1. The number of aliphatic hydroxyl groups is 1. The third-order valence-electron chi connectivity index (χ3n) is 9.29. The Labute approximate surface area is 279 Å². The van der Waals surface area contributed by atoms with Crippen LogP contribution in [-0.2, 0) is 25.5 Å². The van der Waals surface area contributed by atoms with Crippen LogP contribution >= 0.6 is 0 Å². The molecular formula is C37H43F2N3O6. The van der Waals surface area contributed by atoms with E-state index in [1.54, 1.807) is 43.0 Å². The van der Waals surface area contributed by atoms with Gasteiger partial charge in [0.2, 0.25) is 11.8 Å². The second-order valence-electron chi connectivity index (χ2n) is 13.2. The molecule has 2 fully saturated rings. The maximum absolute atomic E-state index is 13.7. The minimum Gasteiger partial charge on any atom is -0.480 e. The van der Waals surface area contributed by atoms with E-state index in [4.69, 9.17) is 4.74 Å². The zero-order valence-electron chi connectivity index (χ0n) is 27.2. The summed E-state index contributed by atoms with van der Waals surface area (Å²) in [4.78, 5) is 39.2. The number of nitrogens with one attached hydrogen (secondary N) is 2. The maximum atomic E-state index is 13.7. The van der Waals surface area contributed by atoms with Crippen molar-refractivity contribution >= 4 is 23.5 Å². The number of anilines is 1. The first-order valence-electron chi connectivity index (χ1n) is 16.4. The van der Waals surface area contributed by atoms with Gasteiger partial charge < -0.3 is 30.5 Å². The van der Waals surface area contributed by atoms with Gasteiger partial charge in [-0.2, -0.15) is 0 Å². The third kappa shape index (κ3) is 8.26. The molecule has 4 atom stereocenters. The summed E-state index contributed by atoms with van der Waals surface area (Å²) < 4.78 is 32.4. The van der Waals surface area contributed by atoms with Gasteiger partial charge in [-0.1, -0.05) is 50.2 Å². The number of rotatable bonds is 16. The van der Waals surface area contributed by atoms with Crippen molar-refractivity contribution in [1.29, 1.82) is 0 Å². The molecular weight excluding hydrogens is 620 g/mol. The van der Waals surface area contributed by atoms with Crippen molar-refractivity contribution in [2.45, 2.75) is 69.7 Å². The summed E-state index contributed by atoms with van der Waals surface area (Å²) in [5, 5.41) is 26.2. The van der Waals surface area contributed by atoms with E-state index in [1.165, 1.54) is 24.3 Å². The first-order valence-corrected chi connectivity index (χ1v) is 16.4. The predicted molar refractivity (Wildman–Crippen MR) is 176 cm³/mol. The number of hydrogen-bond acceptors (Lipinski definition) is 6. The van der Waals surface area contributed by atoms with Gasteiger partial charge in [-0.15, -0.1) is 0 Å². The quantitative estimate of drug-likeness (QED) is 0.124. The van der Waals surface area contributed by atoms with E-state index in [9.17, 15) is 33.4 Å². The largest absolute Gasteiger partial charge is 0.480 e. The van der Waals surface area contributed by atoms with Gasteiger partial charge in [0.25, 0.3) is 0 Å². The van der Waals surface area contributed by atoms with Crippen molar-refractivity contribution in [3.05, 3.63) is 101 Å². The highest BCUT2D eigenvalue weighted by molar-refractivity contribution is 6.03. The van der Waals surface area contributed by atoms with Crippen molar-refractivity contribution in [3.63, 3.8) is 0 Å². The number of nitrogens with zero attached hydrogens (tertiary/aromatic N) is 1. The summed E-state index contributed by atoms with van der Waals surface area (Å²) in [6.07, 6.45) is 1.60. The number of amides is 2. The molecule has 2 aliphatic heterocycles. The van der Waals surface area contributed by atoms with Crippen molar-refractivity contribution < 1.29 is 38.1 Å². The molecule has 0 aliphatic carbocycles. The first kappa shape index (κ1) is 35.1. The molecule has 256 valence electrons. The number of halogens is 2. The van der Waals surface area contributed by atoms with Crippen LogP contribution in [0, 0.1) is 23.5 Å². The van der Waals surface area contributed by atoms with Gasteiger partial charge in [-0.25, -0.2) is 13.6 Å². The Morgan fingerprint density at radius 2 is 1.60 bits per heavy atom. The maximum Gasteiger partial charge on any atom is 0.326 e. The van der Waals surface area contributed by atoms with E-state index in [1.807, 2.05) is 24.3 Å². The van der Waals surface area contributed by atoms with Crippen LogP contribution in [-0.4, -0.2) is 59.3 Å². The molecule has 4 N–H and O–H groups in total. The number of carbonyl (C=O) groups is 3. The van der Waals surface area contributed by atoms with Gasteiger partial charge in [0.15, 0.2) is 0 Å². The Bertz CT molecular complexity index is 1560. The number of aliphatic hydroxyl groups excluding tert-OH is 1. The Morgan fingerprint density at radius 1 is 0.979 bits per heavy atom. The molecule has 0 radical (unpaired) electrons. The van der Waals surface area contributed by atoms with Gasteiger partial charge >= 0.3 is 5.97 Å². The molecule has 2 amide bonds. The van der Waals surface area contributed by atoms with Crippen molar-refractivity contribution in [3.8, 4) is 0 Å². The standard InChI is InChI=1S/C37H43F2N3O6/c1-23(2)33(36(46)47)41-32(44)20-37(21-48-22-37)40-19-3-4-24-5-7-26(8-6-24)34-30(17-18-31(43)25-9-11-27(38)12-10-25)35(45)42(34)29-15-13-28(39)14-16-29/h5-16,23,30-31,33-34,40,43H,3-4,17-22H2,1-2H3,(H,41,44)(H,46,47)/t30-,31?,33-,34-/m1/s1. The minimum absolute atomic E-state index is 0.0988. The summed E-state index contributed by atoms with van der Waals surface area (Å²) in [5.74, 6) is -2.87. The Kier molecular flexibility index (Phi) is 11.2. The average Bonchev–Trinajstić information content (AvgIpc) is 3.04. The van der Waals surface area contributed by atoms with E-state index >= 15 is 0 Å². The van der Waals surface area contributed by atoms with Gasteiger partial charge in [0.1, 0.15) is 17.7 Å². The van der Waals surface area contributed by atoms with E-state index in [0.29, 0.717) is 43.9 Å². The highest BCUT2D eigenvalue weighted by Crippen LogP contribution is 2.46. The molecule has 3 aromatic carbocycles. The SMILES string of the molecule is CC(C)[C@@H](NC(=O)CC1(NCCCc2ccc([C@@H]3[C@@H](CCC(O)c4ccc(F)cc4)C(=O)N3c3ccc(F)cc3)cc2)COC1)C(=O)O. The molecule has 5 rings (SSSR count). The molecule has 0 spiro atoms. The van der Waals surface area contributed by atoms with Gasteiger partial charge in [0, 0.05) is 12.1 Å². The van der Waals surface area contributed by atoms with Crippen LogP contribution in [0.3, 0.4) is 0 Å². The number of carboxylic acid groups (broad SMARTS) is 1. The van der Waals surface area contributed by atoms with Gasteiger partial charge in [-0.3, -0.25) is 9.59 Å². The van der Waals surface area contributed by atoms with Crippen molar-refractivity contribution in [1.82, 2.24) is 10.6 Å². The Hall–Kier alpha value is -4.19. The fourth-order valence-corrected chi connectivity index (χ4v) is 6.48. The number of ether oxygens (including phenoxy) is 1. The fourth-order valence-electron chi connectivity index (χ4n) is 6.48. The predicted octanol–water partition coefficient (Wildman–Crippen LogP) is 5.09. The van der Waals surface area contributed by atoms with E-state index in [0.717, 1.165) is 24.0 Å². The van der Waals surface area contributed by atoms with E-state index < -0.39 is 29.5 Å². The number of carbonyl (C=O) groups excluding carboxylic acids is 2. The lowest BCUT2D eigenvalue weighted by Gasteiger charge is -2.48. The molecule has 9 nitrogen and oxygen atoms in total. The molecule has 3 aromatic rings. The topological polar surface area (TPSA) is 128 Å². The molecule has 2 saturated heterocycles. The molecule has 48 heavy (non-hydrogen) atoms. The van der Waals surface area contributed by atoms with E-state index in [-0.39, 0.29) is 41.9 Å². The zero-order chi connectivity index (χ0) is 34.4. The summed E-state index contributed by atoms with van der Waals surface area (Å²) in [5.41, 5.74) is 2.70. The third-order valence-corrected chi connectivity index (χ3v) is 9.29. The lowest BCUT2D eigenvalue weighted by molar-refractivity contribution is -0.144. The van der Waals surface area contributed by atoms with Crippen LogP contribution < -0.4 is 15.5 Å². The molecule has 0 aromatic heterocycles. The van der Waals surface area contributed by atoms with Crippen molar-refractivity contribution in [2.24, 2.45) is 11.8 Å². The Balaban J connectivity index is 1.18. The molecule has 2 heterocycles. The molecule has 0 bridgehead atoms. The van der Waals surface area contributed by atoms with Gasteiger partial charge in [0.05, 0.1) is 36.8 Å². The second kappa shape index (κ2) is 15.4. The second-order valence-corrected chi connectivity index (χ2v) is 13.2. The molecule has 0 saturated carbocycles. The molecule has 11 heteroatoms. The number of carboxylic acids is 1. The van der Waals surface area contributed by atoms with Crippen LogP contribution in [0.2, 0.25) is 0 Å². The Morgan fingerprint density at radius 3 is 2.17 bits per heavy atom. The number of benzene rings is 3. The number of aliphatic carboxylic acids is 1. The summed E-state index contributed by atoms with van der Waals surface area (Å²) in [7, 11) is 0. The summed E-state index contributed by atoms with van der Waals surface area (Å²) in [6.45, 7) is 4.89. The highest BCUT2D eigenvalue weighted by atomic mass is 19.1. The summed E-state index contributed by atoms with van der Waals surface area (Å²) >= 11 is 0. The van der Waals surface area contributed by atoms with Crippen LogP contribution in [0.1, 0.15) is 68.4 Å². The lowest BCUT2D eigenvalue weighted by atomic mass is 9.78.